The summed E-state index contributed by atoms with van der Waals surface area (Å²) in [5.74, 6) is -0.199. The number of carbonyl (C=O) groups excluding carboxylic acids is 1. The molecule has 1 unspecified atom stereocenters. The molecule has 1 atom stereocenters. The van der Waals surface area contributed by atoms with Gasteiger partial charge in [-0.3, -0.25) is 4.79 Å². The molecule has 1 amide bonds. The van der Waals surface area contributed by atoms with E-state index in [1.807, 2.05) is 31.3 Å². The second-order valence-electron chi connectivity index (χ2n) is 8.13. The van der Waals surface area contributed by atoms with E-state index in [1.54, 1.807) is 35.4 Å². The van der Waals surface area contributed by atoms with Crippen LogP contribution in [-0.4, -0.2) is 68.4 Å². The molecule has 170 valence electrons. The third-order valence-corrected chi connectivity index (χ3v) is 7.81. The number of amides is 1. The predicted molar refractivity (Wildman–Crippen MR) is 126 cm³/mol. The summed E-state index contributed by atoms with van der Waals surface area (Å²) in [7, 11) is -1.92. The molecule has 0 saturated carbocycles. The van der Waals surface area contributed by atoms with Gasteiger partial charge in [-0.1, -0.05) is 35.9 Å². The molecule has 9 heteroatoms. The number of aromatic amines is 1. The van der Waals surface area contributed by atoms with Crippen molar-refractivity contribution < 1.29 is 13.2 Å². The molecule has 4 rings (SSSR count). The van der Waals surface area contributed by atoms with Gasteiger partial charge in [0.25, 0.3) is 0 Å². The number of H-pyrrole nitrogens is 1. The number of carbonyl (C=O) groups is 1. The first-order valence-electron chi connectivity index (χ1n) is 10.6. The first-order valence-corrected chi connectivity index (χ1v) is 12.5. The highest BCUT2D eigenvalue weighted by Crippen LogP contribution is 2.23. The maximum atomic E-state index is 13.4. The number of likely N-dealkylation sites (N-methyl/N-ethyl adjacent to an activating group) is 1. The monoisotopic (exact) mass is 474 g/mol. The lowest BCUT2D eigenvalue weighted by atomic mass is 10.0. The number of benzene rings is 2. The first kappa shape index (κ1) is 22.8. The van der Waals surface area contributed by atoms with E-state index in [0.717, 1.165) is 24.2 Å². The van der Waals surface area contributed by atoms with E-state index in [-0.39, 0.29) is 10.8 Å². The lowest BCUT2D eigenvalue weighted by molar-refractivity contribution is -0.134. The van der Waals surface area contributed by atoms with E-state index in [1.165, 1.54) is 0 Å². The molecule has 1 aliphatic rings. The van der Waals surface area contributed by atoms with E-state index in [2.05, 4.69) is 14.6 Å². The zero-order valence-electron chi connectivity index (χ0n) is 17.9. The fourth-order valence-electron chi connectivity index (χ4n) is 4.02. The molecule has 7 nitrogen and oxygen atoms in total. The number of halogens is 1. The molecule has 0 aliphatic carbocycles. The molecule has 1 saturated heterocycles. The number of hydrogen-bond acceptors (Lipinski definition) is 4. The SMILES string of the molecule is CN1CCN(C(=O)C(CCc2ccccc2Cl)NS(=O)(=O)c2cccc3[nH]ccc23)CC1. The Balaban J connectivity index is 1.59. The number of aryl methyl sites for hydroxylation is 1. The molecule has 3 aromatic rings. The minimum Gasteiger partial charge on any atom is -0.361 e. The van der Waals surface area contributed by atoms with Gasteiger partial charge >= 0.3 is 0 Å². The Hall–Kier alpha value is -2.39. The van der Waals surface area contributed by atoms with Crippen molar-refractivity contribution in [1.29, 1.82) is 0 Å². The van der Waals surface area contributed by atoms with Crippen LogP contribution in [0.2, 0.25) is 5.02 Å². The van der Waals surface area contributed by atoms with Crippen molar-refractivity contribution in [2.75, 3.05) is 33.2 Å². The van der Waals surface area contributed by atoms with Gasteiger partial charge in [0.2, 0.25) is 15.9 Å². The van der Waals surface area contributed by atoms with E-state index in [0.29, 0.717) is 36.3 Å². The van der Waals surface area contributed by atoms with Crippen molar-refractivity contribution in [1.82, 2.24) is 19.5 Å². The maximum absolute atomic E-state index is 13.4. The van der Waals surface area contributed by atoms with Gasteiger partial charge in [-0.05, 0) is 49.7 Å². The Morgan fingerprint density at radius 1 is 1.09 bits per heavy atom. The van der Waals surface area contributed by atoms with Crippen LogP contribution in [0, 0.1) is 0 Å². The molecule has 1 aromatic heterocycles. The summed E-state index contributed by atoms with van der Waals surface area (Å²) in [6, 6.07) is 13.3. The molecule has 0 spiro atoms. The lowest BCUT2D eigenvalue weighted by Gasteiger charge is -2.34. The lowest BCUT2D eigenvalue weighted by Crippen LogP contribution is -2.54. The highest BCUT2D eigenvalue weighted by molar-refractivity contribution is 7.89. The molecule has 0 bridgehead atoms. The summed E-state index contributed by atoms with van der Waals surface area (Å²) in [5, 5.41) is 1.20. The highest BCUT2D eigenvalue weighted by atomic mass is 35.5. The van der Waals surface area contributed by atoms with E-state index >= 15 is 0 Å². The van der Waals surface area contributed by atoms with Gasteiger partial charge in [0.1, 0.15) is 6.04 Å². The van der Waals surface area contributed by atoms with Gasteiger partial charge in [-0.25, -0.2) is 8.42 Å². The fraction of sp³-hybridized carbons (Fsp3) is 0.348. The Morgan fingerprint density at radius 2 is 1.84 bits per heavy atom. The average molecular weight is 475 g/mol. The van der Waals surface area contributed by atoms with E-state index in [4.69, 9.17) is 11.6 Å². The van der Waals surface area contributed by atoms with Crippen LogP contribution >= 0.6 is 11.6 Å². The fourth-order valence-corrected chi connectivity index (χ4v) is 5.70. The predicted octanol–water partition coefficient (Wildman–Crippen LogP) is 2.88. The topological polar surface area (TPSA) is 85.5 Å². The molecule has 2 N–H and O–H groups in total. The first-order chi connectivity index (χ1) is 15.3. The second kappa shape index (κ2) is 9.62. The number of hydrogen-bond donors (Lipinski definition) is 2. The number of rotatable bonds is 7. The number of nitrogens with one attached hydrogen (secondary N) is 2. The van der Waals surface area contributed by atoms with Gasteiger partial charge in [-0.15, -0.1) is 0 Å². The van der Waals surface area contributed by atoms with E-state index < -0.39 is 16.1 Å². The average Bonchev–Trinajstić information content (AvgIpc) is 3.26. The number of aromatic nitrogens is 1. The molecule has 1 fully saturated rings. The van der Waals surface area contributed by atoms with Crippen LogP contribution in [0.5, 0.6) is 0 Å². The number of nitrogens with zero attached hydrogens (tertiary/aromatic N) is 2. The van der Waals surface area contributed by atoms with Crippen molar-refractivity contribution >= 4 is 38.4 Å². The van der Waals surface area contributed by atoms with Crippen molar-refractivity contribution in [3.05, 3.63) is 65.3 Å². The molecular formula is C23H27ClN4O3S. The van der Waals surface area contributed by atoms with Crippen LogP contribution in [-0.2, 0) is 21.2 Å². The summed E-state index contributed by atoms with van der Waals surface area (Å²) in [4.78, 5) is 20.5. The zero-order valence-corrected chi connectivity index (χ0v) is 19.5. The van der Waals surface area contributed by atoms with Crippen LogP contribution in [0.4, 0.5) is 0 Å². The van der Waals surface area contributed by atoms with Crippen molar-refractivity contribution in [2.45, 2.75) is 23.8 Å². The van der Waals surface area contributed by atoms with Crippen LogP contribution < -0.4 is 4.72 Å². The van der Waals surface area contributed by atoms with Gasteiger partial charge in [0.15, 0.2) is 0 Å². The summed E-state index contributed by atoms with van der Waals surface area (Å²) < 4.78 is 29.4. The quantitative estimate of drug-likeness (QED) is 0.551. The Bertz CT molecular complexity index is 1200. The summed E-state index contributed by atoms with van der Waals surface area (Å²) >= 11 is 6.29. The highest BCUT2D eigenvalue weighted by Gasteiger charge is 2.31. The van der Waals surface area contributed by atoms with Crippen LogP contribution in [0.3, 0.4) is 0 Å². The minimum absolute atomic E-state index is 0.158. The molecule has 2 aromatic carbocycles. The molecule has 32 heavy (non-hydrogen) atoms. The third-order valence-electron chi connectivity index (χ3n) is 5.92. The van der Waals surface area contributed by atoms with Crippen LogP contribution in [0.25, 0.3) is 10.9 Å². The van der Waals surface area contributed by atoms with Crippen molar-refractivity contribution in [3.63, 3.8) is 0 Å². The number of sulfonamides is 1. The molecule has 2 heterocycles. The summed E-state index contributed by atoms with van der Waals surface area (Å²) in [6.07, 6.45) is 2.51. The summed E-state index contributed by atoms with van der Waals surface area (Å²) in [5.41, 5.74) is 1.61. The normalized spacial score (nSPS) is 16.4. The van der Waals surface area contributed by atoms with Gasteiger partial charge in [-0.2, -0.15) is 4.72 Å². The Labute approximate surface area is 193 Å². The van der Waals surface area contributed by atoms with Crippen molar-refractivity contribution in [3.8, 4) is 0 Å². The Kier molecular flexibility index (Phi) is 6.85. The van der Waals surface area contributed by atoms with Gasteiger partial charge < -0.3 is 14.8 Å². The standard InChI is InChI=1S/C23H27ClN4O3S/c1-27-13-15-28(16-14-27)23(29)21(10-9-17-5-2-3-6-19(17)24)26-32(30,31)22-8-4-7-20-18(22)11-12-25-20/h2-8,11-12,21,25-26H,9-10,13-16H2,1H3. The Morgan fingerprint density at radius 3 is 2.59 bits per heavy atom. The molecule has 0 radical (unpaired) electrons. The maximum Gasteiger partial charge on any atom is 0.241 e. The third kappa shape index (κ3) is 4.99. The number of fused-ring (bicyclic) bond motifs is 1. The molecule has 1 aliphatic heterocycles. The number of piperazine rings is 1. The zero-order chi connectivity index (χ0) is 22.7. The summed E-state index contributed by atoms with van der Waals surface area (Å²) in [6.45, 7) is 2.68. The second-order valence-corrected chi connectivity index (χ2v) is 10.2. The minimum atomic E-state index is -3.93. The van der Waals surface area contributed by atoms with Gasteiger partial charge in [0, 0.05) is 48.3 Å². The van der Waals surface area contributed by atoms with Gasteiger partial charge in [0.05, 0.1) is 4.90 Å². The molecular weight excluding hydrogens is 448 g/mol. The van der Waals surface area contributed by atoms with Crippen LogP contribution in [0.1, 0.15) is 12.0 Å². The smallest absolute Gasteiger partial charge is 0.241 e. The van der Waals surface area contributed by atoms with Crippen molar-refractivity contribution in [2.24, 2.45) is 0 Å². The largest absolute Gasteiger partial charge is 0.361 e. The van der Waals surface area contributed by atoms with Crippen LogP contribution in [0.15, 0.2) is 59.6 Å². The van der Waals surface area contributed by atoms with E-state index in [9.17, 15) is 13.2 Å².